The average Bonchev–Trinajstić information content (AvgIpc) is 2.48. The molecule has 0 N–H and O–H groups in total. The third-order valence-corrected chi connectivity index (χ3v) is 4.72. The molecular weight excluding hydrogens is 240 g/mol. The smallest absolute Gasteiger partial charge is 0.00867 e. The fraction of sp³-hybridized carbons (Fsp3) is 0.200. The second-order valence-corrected chi connectivity index (χ2v) is 5.77. The van der Waals surface area contributed by atoms with Crippen molar-refractivity contribution >= 4 is 10.8 Å². The van der Waals surface area contributed by atoms with Crippen LogP contribution >= 0.6 is 0 Å². The van der Waals surface area contributed by atoms with E-state index in [1.54, 1.807) is 0 Å². The Hall–Kier alpha value is -2.08. The van der Waals surface area contributed by atoms with Crippen LogP contribution in [-0.4, -0.2) is 0 Å². The molecule has 2 atom stereocenters. The first-order valence-electron chi connectivity index (χ1n) is 7.46. The summed E-state index contributed by atoms with van der Waals surface area (Å²) in [6, 6.07) is 26.5. The lowest BCUT2D eigenvalue weighted by Crippen LogP contribution is -2.22. The van der Waals surface area contributed by atoms with E-state index in [0.29, 0.717) is 11.8 Å². The summed E-state index contributed by atoms with van der Waals surface area (Å²) in [7, 11) is 0. The van der Waals surface area contributed by atoms with Crippen LogP contribution in [0.5, 0.6) is 0 Å². The third kappa shape index (κ3) is 1.84. The molecule has 1 saturated carbocycles. The highest BCUT2D eigenvalue weighted by Crippen LogP contribution is 2.50. The molecule has 1 aliphatic rings. The minimum Gasteiger partial charge on any atom is -0.0622 e. The molecule has 20 heavy (non-hydrogen) atoms. The van der Waals surface area contributed by atoms with Crippen LogP contribution in [0.3, 0.4) is 0 Å². The molecule has 0 heteroatoms. The summed E-state index contributed by atoms with van der Waals surface area (Å²) in [4.78, 5) is 0. The quantitative estimate of drug-likeness (QED) is 0.569. The molecule has 3 aromatic carbocycles. The van der Waals surface area contributed by atoms with Crippen LogP contribution in [-0.2, 0) is 0 Å². The zero-order chi connectivity index (χ0) is 13.4. The lowest BCUT2D eigenvalue weighted by molar-refractivity contribution is 0.348. The molecule has 1 aliphatic carbocycles. The van der Waals surface area contributed by atoms with Gasteiger partial charge in [0.05, 0.1) is 0 Å². The van der Waals surface area contributed by atoms with E-state index in [0.717, 1.165) is 0 Å². The molecule has 4 rings (SSSR count). The maximum absolute atomic E-state index is 2.32. The molecule has 0 nitrogen and oxygen atoms in total. The van der Waals surface area contributed by atoms with Crippen LogP contribution in [0.2, 0.25) is 0 Å². The molecule has 0 aromatic heterocycles. The predicted molar refractivity (Wildman–Crippen MR) is 85.1 cm³/mol. The highest BCUT2D eigenvalue weighted by atomic mass is 14.4. The molecular formula is C20H18. The van der Waals surface area contributed by atoms with Crippen molar-refractivity contribution in [2.75, 3.05) is 0 Å². The minimum absolute atomic E-state index is 0.684. The van der Waals surface area contributed by atoms with Gasteiger partial charge in [0.1, 0.15) is 0 Å². The minimum atomic E-state index is 0.684. The molecule has 3 aromatic rings. The topological polar surface area (TPSA) is 0 Å². The first-order valence-corrected chi connectivity index (χ1v) is 7.46. The van der Waals surface area contributed by atoms with Crippen molar-refractivity contribution in [1.29, 1.82) is 0 Å². The van der Waals surface area contributed by atoms with Crippen molar-refractivity contribution in [1.82, 2.24) is 0 Å². The summed E-state index contributed by atoms with van der Waals surface area (Å²) in [5.41, 5.74) is 3.03. The lowest BCUT2D eigenvalue weighted by Gasteiger charge is -2.38. The highest BCUT2D eigenvalue weighted by Gasteiger charge is 2.33. The fourth-order valence-corrected chi connectivity index (χ4v) is 3.55. The van der Waals surface area contributed by atoms with Crippen LogP contribution in [0.4, 0.5) is 0 Å². The van der Waals surface area contributed by atoms with E-state index < -0.39 is 0 Å². The van der Waals surface area contributed by atoms with Gasteiger partial charge in [-0.25, -0.2) is 0 Å². The van der Waals surface area contributed by atoms with Gasteiger partial charge in [-0.3, -0.25) is 0 Å². The number of fused-ring (bicyclic) bond motifs is 1. The van der Waals surface area contributed by atoms with Crippen LogP contribution in [0.25, 0.3) is 10.8 Å². The molecule has 0 radical (unpaired) electrons. The zero-order valence-corrected chi connectivity index (χ0v) is 11.5. The van der Waals surface area contributed by atoms with Crippen LogP contribution in [0, 0.1) is 0 Å². The Morgan fingerprint density at radius 1 is 0.600 bits per heavy atom. The van der Waals surface area contributed by atoms with Crippen molar-refractivity contribution in [3.8, 4) is 0 Å². The van der Waals surface area contributed by atoms with Gasteiger partial charge in [0.15, 0.2) is 0 Å². The SMILES string of the molecule is c1ccc(C2CCC2c2cccc3ccccc23)cc1. The van der Waals surface area contributed by atoms with Gasteiger partial charge in [-0.2, -0.15) is 0 Å². The van der Waals surface area contributed by atoms with Crippen LogP contribution in [0.15, 0.2) is 72.8 Å². The largest absolute Gasteiger partial charge is 0.0622 e. The molecule has 0 spiro atoms. The number of hydrogen-bond donors (Lipinski definition) is 0. The number of rotatable bonds is 2. The zero-order valence-electron chi connectivity index (χ0n) is 11.5. The van der Waals surface area contributed by atoms with Gasteiger partial charge in [-0.1, -0.05) is 72.8 Å². The summed E-state index contributed by atoms with van der Waals surface area (Å²) in [5, 5.41) is 2.80. The van der Waals surface area contributed by atoms with E-state index >= 15 is 0 Å². The van der Waals surface area contributed by atoms with Gasteiger partial charge in [0, 0.05) is 0 Å². The van der Waals surface area contributed by atoms with Gasteiger partial charge in [-0.15, -0.1) is 0 Å². The van der Waals surface area contributed by atoms with E-state index in [2.05, 4.69) is 72.8 Å². The first-order chi connectivity index (χ1) is 9.93. The Balaban J connectivity index is 1.77. The van der Waals surface area contributed by atoms with Gasteiger partial charge < -0.3 is 0 Å². The van der Waals surface area contributed by atoms with Crippen molar-refractivity contribution < 1.29 is 0 Å². The Kier molecular flexibility index (Phi) is 2.81. The lowest BCUT2D eigenvalue weighted by atomic mass is 9.66. The Labute approximate surface area is 120 Å². The van der Waals surface area contributed by atoms with E-state index in [4.69, 9.17) is 0 Å². The second kappa shape index (κ2) is 4.79. The van der Waals surface area contributed by atoms with E-state index in [1.165, 1.54) is 34.7 Å². The van der Waals surface area contributed by atoms with Crippen LogP contribution in [0.1, 0.15) is 35.8 Å². The Morgan fingerprint density at radius 3 is 2.10 bits per heavy atom. The second-order valence-electron chi connectivity index (χ2n) is 5.77. The number of benzene rings is 3. The Morgan fingerprint density at radius 2 is 1.30 bits per heavy atom. The summed E-state index contributed by atoms with van der Waals surface area (Å²) < 4.78 is 0. The number of hydrogen-bond acceptors (Lipinski definition) is 0. The molecule has 0 amide bonds. The standard InChI is InChI=1S/C20H18/c1-2-7-15(8-3-1)18-13-14-20(18)19-12-6-10-16-9-4-5-11-17(16)19/h1-12,18,20H,13-14H2. The van der Waals surface area contributed by atoms with Crippen molar-refractivity contribution in [2.45, 2.75) is 24.7 Å². The van der Waals surface area contributed by atoms with Crippen molar-refractivity contribution in [2.24, 2.45) is 0 Å². The van der Waals surface area contributed by atoms with Crippen molar-refractivity contribution in [3.05, 3.63) is 83.9 Å². The van der Waals surface area contributed by atoms with E-state index in [9.17, 15) is 0 Å². The fourth-order valence-electron chi connectivity index (χ4n) is 3.55. The van der Waals surface area contributed by atoms with Gasteiger partial charge in [0.2, 0.25) is 0 Å². The monoisotopic (exact) mass is 258 g/mol. The molecule has 1 fully saturated rings. The Bertz CT molecular complexity index is 722. The highest BCUT2D eigenvalue weighted by molar-refractivity contribution is 5.86. The van der Waals surface area contributed by atoms with Gasteiger partial charge >= 0.3 is 0 Å². The van der Waals surface area contributed by atoms with Gasteiger partial charge in [-0.05, 0) is 46.6 Å². The van der Waals surface area contributed by atoms with E-state index in [-0.39, 0.29) is 0 Å². The summed E-state index contributed by atoms with van der Waals surface area (Å²) in [6.07, 6.45) is 2.63. The molecule has 0 aliphatic heterocycles. The summed E-state index contributed by atoms with van der Waals surface area (Å²) >= 11 is 0. The normalized spacial score (nSPS) is 21.6. The molecule has 98 valence electrons. The van der Waals surface area contributed by atoms with E-state index in [1.807, 2.05) is 0 Å². The maximum atomic E-state index is 2.32. The third-order valence-electron chi connectivity index (χ3n) is 4.72. The summed E-state index contributed by atoms with van der Waals surface area (Å²) in [5.74, 6) is 1.38. The van der Waals surface area contributed by atoms with Gasteiger partial charge in [0.25, 0.3) is 0 Å². The maximum Gasteiger partial charge on any atom is -0.00867 e. The van der Waals surface area contributed by atoms with Crippen molar-refractivity contribution in [3.63, 3.8) is 0 Å². The predicted octanol–water partition coefficient (Wildman–Crippen LogP) is 5.50. The van der Waals surface area contributed by atoms with Crippen LogP contribution < -0.4 is 0 Å². The average molecular weight is 258 g/mol. The molecule has 0 bridgehead atoms. The summed E-state index contributed by atoms with van der Waals surface area (Å²) in [6.45, 7) is 0. The molecule has 0 saturated heterocycles. The molecule has 2 unspecified atom stereocenters. The first kappa shape index (κ1) is 11.7. The molecule has 0 heterocycles.